The molecule has 2 amide bonds. The highest BCUT2D eigenvalue weighted by Gasteiger charge is 2.36. The van der Waals surface area contributed by atoms with E-state index in [0.717, 1.165) is 34.9 Å². The number of anilines is 3. The topological polar surface area (TPSA) is 112 Å². The molecule has 11 heteroatoms. The number of rotatable bonds is 5. The Morgan fingerprint density at radius 1 is 1.05 bits per heavy atom. The smallest absolute Gasteiger partial charge is 0.298 e. The van der Waals surface area contributed by atoms with Gasteiger partial charge >= 0.3 is 0 Å². The second kappa shape index (κ2) is 10.5. The lowest BCUT2D eigenvalue weighted by Crippen LogP contribution is -2.58. The van der Waals surface area contributed by atoms with Gasteiger partial charge in [0.25, 0.3) is 11.7 Å². The van der Waals surface area contributed by atoms with Crippen LogP contribution in [0.5, 0.6) is 0 Å². The van der Waals surface area contributed by atoms with E-state index in [2.05, 4.69) is 20.6 Å². The van der Waals surface area contributed by atoms with E-state index in [1.807, 2.05) is 59.2 Å². The van der Waals surface area contributed by atoms with Gasteiger partial charge in [-0.05, 0) is 42.3 Å². The molecule has 2 N–H and O–H groups in total. The van der Waals surface area contributed by atoms with Gasteiger partial charge in [-0.2, -0.15) is 0 Å². The standard InChI is InChI=1S/C30H28FN7O3/c1-18-12-23(19-6-4-3-5-7-19)26(36(18)2)27(39)29(41)35-22-8-9-24-20(13-22)14-32-28(40)25-17-37(10-11-38(24)25)30-33-15-21(31)16-34-30/h3-9,12-13,15-16,25H,10-11,14,17H2,1-2H3,(H,32,40)(H,35,41)/t25-/m0/s1. The van der Waals surface area contributed by atoms with Crippen molar-refractivity contribution in [3.8, 4) is 11.1 Å². The monoisotopic (exact) mass is 553 g/mol. The van der Waals surface area contributed by atoms with Gasteiger partial charge in [-0.15, -0.1) is 0 Å². The van der Waals surface area contributed by atoms with Gasteiger partial charge in [-0.1, -0.05) is 30.3 Å². The van der Waals surface area contributed by atoms with E-state index < -0.39 is 23.5 Å². The Bertz CT molecular complexity index is 1650. The number of nitrogens with zero attached hydrogens (tertiary/aromatic N) is 5. The minimum atomic E-state index is -0.744. The number of hydrogen-bond acceptors (Lipinski definition) is 7. The molecule has 1 atom stereocenters. The summed E-state index contributed by atoms with van der Waals surface area (Å²) in [5.74, 6) is -1.68. The first-order valence-corrected chi connectivity index (χ1v) is 13.3. The Balaban J connectivity index is 1.22. The van der Waals surface area contributed by atoms with E-state index in [9.17, 15) is 18.8 Å². The van der Waals surface area contributed by atoms with Crippen molar-refractivity contribution in [2.24, 2.45) is 7.05 Å². The zero-order valence-corrected chi connectivity index (χ0v) is 22.6. The van der Waals surface area contributed by atoms with Crippen LogP contribution in [0.3, 0.4) is 0 Å². The predicted molar refractivity (Wildman–Crippen MR) is 152 cm³/mol. The molecule has 2 aromatic carbocycles. The molecule has 1 saturated heterocycles. The van der Waals surface area contributed by atoms with Crippen molar-refractivity contribution in [3.05, 3.63) is 89.8 Å². The zero-order chi connectivity index (χ0) is 28.7. The summed E-state index contributed by atoms with van der Waals surface area (Å²) >= 11 is 0. The third-order valence-electron chi connectivity index (χ3n) is 7.65. The first-order valence-electron chi connectivity index (χ1n) is 13.3. The number of aromatic nitrogens is 3. The highest BCUT2D eigenvalue weighted by molar-refractivity contribution is 6.47. The Morgan fingerprint density at radius 2 is 1.80 bits per heavy atom. The van der Waals surface area contributed by atoms with Crippen molar-refractivity contribution in [2.45, 2.75) is 19.5 Å². The van der Waals surface area contributed by atoms with Crippen LogP contribution >= 0.6 is 0 Å². The Hall–Kier alpha value is -5.06. The number of carbonyl (C=O) groups excluding carboxylic acids is 3. The average Bonchev–Trinajstić information content (AvgIpc) is 3.21. The maximum atomic E-state index is 13.4. The summed E-state index contributed by atoms with van der Waals surface area (Å²) in [6.07, 6.45) is 2.22. The Kier molecular flexibility index (Phi) is 6.70. The van der Waals surface area contributed by atoms with Crippen LogP contribution in [0.4, 0.5) is 21.7 Å². The fourth-order valence-corrected chi connectivity index (χ4v) is 5.47. The summed E-state index contributed by atoms with van der Waals surface area (Å²) in [6.45, 7) is 3.55. The molecule has 2 aromatic heterocycles. The average molecular weight is 554 g/mol. The van der Waals surface area contributed by atoms with Gasteiger partial charge in [0.05, 0.1) is 18.9 Å². The summed E-state index contributed by atoms with van der Waals surface area (Å²) in [4.78, 5) is 51.6. The lowest BCUT2D eigenvalue weighted by Gasteiger charge is -2.41. The molecule has 0 unspecified atom stereocenters. The normalized spacial score (nSPS) is 16.4. The first kappa shape index (κ1) is 26.2. The molecule has 4 aromatic rings. The van der Waals surface area contributed by atoms with Gasteiger partial charge < -0.3 is 25.0 Å². The number of piperazine rings is 1. The third-order valence-corrected chi connectivity index (χ3v) is 7.65. The van der Waals surface area contributed by atoms with Crippen molar-refractivity contribution >= 4 is 34.9 Å². The minimum Gasteiger partial charge on any atom is -0.356 e. The number of Topliss-reactive ketones (excluding diaryl/α,β-unsaturated/α-hetero) is 1. The van der Waals surface area contributed by atoms with E-state index >= 15 is 0 Å². The van der Waals surface area contributed by atoms with Gasteiger partial charge in [-0.25, -0.2) is 14.4 Å². The molecule has 10 nitrogen and oxygen atoms in total. The number of ketones is 1. The van der Waals surface area contributed by atoms with E-state index in [0.29, 0.717) is 42.5 Å². The fourth-order valence-electron chi connectivity index (χ4n) is 5.47. The number of carbonyl (C=O) groups is 3. The maximum absolute atomic E-state index is 13.4. The van der Waals surface area contributed by atoms with Crippen molar-refractivity contribution < 1.29 is 18.8 Å². The summed E-state index contributed by atoms with van der Waals surface area (Å²) in [5.41, 5.74) is 4.88. The number of nitrogens with one attached hydrogen (secondary N) is 2. The second-order valence-electron chi connectivity index (χ2n) is 10.2. The van der Waals surface area contributed by atoms with E-state index in [1.165, 1.54) is 0 Å². The molecule has 0 radical (unpaired) electrons. The van der Waals surface area contributed by atoms with Gasteiger partial charge in [0.2, 0.25) is 11.9 Å². The second-order valence-corrected chi connectivity index (χ2v) is 10.2. The summed E-state index contributed by atoms with van der Waals surface area (Å²) in [7, 11) is 1.77. The van der Waals surface area contributed by atoms with Crippen molar-refractivity contribution in [2.75, 3.05) is 34.8 Å². The van der Waals surface area contributed by atoms with Gasteiger partial charge in [0, 0.05) is 49.3 Å². The number of amides is 2. The third kappa shape index (κ3) is 4.90. The Labute approximate surface area is 235 Å². The quantitative estimate of drug-likeness (QED) is 0.289. The molecule has 208 valence electrons. The summed E-state index contributed by atoms with van der Waals surface area (Å²) in [6, 6.07) is 16.3. The van der Waals surface area contributed by atoms with Crippen LogP contribution in [0.2, 0.25) is 0 Å². The molecule has 4 heterocycles. The van der Waals surface area contributed by atoms with E-state index in [1.54, 1.807) is 23.7 Å². The number of aryl methyl sites for hydroxylation is 1. The molecule has 41 heavy (non-hydrogen) atoms. The summed E-state index contributed by atoms with van der Waals surface area (Å²) in [5, 5.41) is 5.71. The lowest BCUT2D eigenvalue weighted by atomic mass is 10.0. The lowest BCUT2D eigenvalue weighted by molar-refractivity contribution is -0.122. The summed E-state index contributed by atoms with van der Waals surface area (Å²) < 4.78 is 15.0. The molecule has 0 aliphatic carbocycles. The molecule has 2 aliphatic heterocycles. The van der Waals surface area contributed by atoms with Crippen molar-refractivity contribution in [1.29, 1.82) is 0 Å². The first-order chi connectivity index (χ1) is 19.8. The van der Waals surface area contributed by atoms with Crippen LogP contribution in [0.15, 0.2) is 67.0 Å². The molecular weight excluding hydrogens is 525 g/mol. The number of halogens is 1. The van der Waals surface area contributed by atoms with Crippen LogP contribution in [0.25, 0.3) is 11.1 Å². The van der Waals surface area contributed by atoms with Gasteiger partial charge in [-0.3, -0.25) is 14.4 Å². The van der Waals surface area contributed by atoms with E-state index in [4.69, 9.17) is 0 Å². The molecule has 6 rings (SSSR count). The number of benzene rings is 2. The fraction of sp³-hybridized carbons (Fsp3) is 0.233. The number of fused-ring (bicyclic) bond motifs is 3. The molecule has 2 aliphatic rings. The van der Waals surface area contributed by atoms with Gasteiger partial charge in [0.15, 0.2) is 5.82 Å². The Morgan fingerprint density at radius 3 is 2.56 bits per heavy atom. The molecule has 1 fully saturated rings. The minimum absolute atomic E-state index is 0.152. The van der Waals surface area contributed by atoms with Crippen molar-refractivity contribution in [3.63, 3.8) is 0 Å². The number of hydrogen-bond donors (Lipinski definition) is 2. The van der Waals surface area contributed by atoms with Crippen molar-refractivity contribution in [1.82, 2.24) is 19.9 Å². The van der Waals surface area contributed by atoms with Crippen LogP contribution < -0.4 is 20.4 Å². The highest BCUT2D eigenvalue weighted by atomic mass is 19.1. The van der Waals surface area contributed by atoms with Crippen LogP contribution in [0.1, 0.15) is 21.7 Å². The van der Waals surface area contributed by atoms with Gasteiger partial charge in [0.1, 0.15) is 11.7 Å². The molecule has 0 saturated carbocycles. The van der Waals surface area contributed by atoms with E-state index in [-0.39, 0.29) is 12.5 Å². The SMILES string of the molecule is Cc1cc(-c2ccccc2)c(C(=O)C(=O)Nc2ccc3c(c2)CNC(=O)[C@@H]2CN(c4ncc(F)cn4)CCN32)n1C. The predicted octanol–water partition coefficient (Wildman–Crippen LogP) is 3.08. The maximum Gasteiger partial charge on any atom is 0.298 e. The zero-order valence-electron chi connectivity index (χ0n) is 22.6. The molecular formula is C30H28FN7O3. The largest absolute Gasteiger partial charge is 0.356 e. The van der Waals surface area contributed by atoms with Crippen LogP contribution in [-0.4, -0.2) is 57.8 Å². The van der Waals surface area contributed by atoms with Crippen LogP contribution in [0, 0.1) is 12.7 Å². The van der Waals surface area contributed by atoms with Crippen LogP contribution in [-0.2, 0) is 23.2 Å². The highest BCUT2D eigenvalue weighted by Crippen LogP contribution is 2.31. The molecule has 0 spiro atoms. The molecule has 0 bridgehead atoms.